The second-order valence-electron chi connectivity index (χ2n) is 7.76. The Morgan fingerprint density at radius 2 is 2.03 bits per heavy atom. The van der Waals surface area contributed by atoms with Gasteiger partial charge in [0.25, 0.3) is 0 Å². The molecule has 0 aliphatic carbocycles. The molecule has 12 heteroatoms. The standard InChI is InChI=1S/C19H25F3N6O2.H2S/c1-10(2)17-18(30)26-16-11(3)25-15(5-13(16)27(17)4)23-6-12-7-24-28(8-12)9-14(29)19(20,21)22;/h5,7-8,10,14,17,29H,6,9H2,1-4H3,(H,23,25)(H,26,30);1H2/t14?,17-;/m0./s1. The summed E-state index contributed by atoms with van der Waals surface area (Å²) < 4.78 is 38.5. The van der Waals surface area contributed by atoms with Crippen molar-refractivity contribution in [2.24, 2.45) is 5.92 Å². The van der Waals surface area contributed by atoms with Gasteiger partial charge < -0.3 is 20.6 Å². The molecular formula is C19H27F3N6O2S. The number of hydrogen-bond donors (Lipinski definition) is 3. The summed E-state index contributed by atoms with van der Waals surface area (Å²) in [7, 11) is 1.86. The minimum Gasteiger partial charge on any atom is -0.382 e. The number of carbonyl (C=O) groups is 1. The quantitative estimate of drug-likeness (QED) is 0.614. The number of halogens is 3. The van der Waals surface area contributed by atoms with E-state index in [1.807, 2.05) is 31.9 Å². The molecule has 8 nitrogen and oxygen atoms in total. The van der Waals surface area contributed by atoms with Crippen LogP contribution < -0.4 is 15.5 Å². The van der Waals surface area contributed by atoms with Gasteiger partial charge in [0.2, 0.25) is 5.91 Å². The van der Waals surface area contributed by atoms with Crippen molar-refractivity contribution in [1.29, 1.82) is 0 Å². The van der Waals surface area contributed by atoms with Gasteiger partial charge in [0.15, 0.2) is 6.10 Å². The molecule has 1 unspecified atom stereocenters. The molecule has 1 amide bonds. The third-order valence-corrected chi connectivity index (χ3v) is 5.02. The third kappa shape index (κ3) is 5.42. The minimum atomic E-state index is -4.69. The SMILES string of the molecule is Cc1nc(NCc2cnn(CC(O)C(F)(F)F)c2)cc2c1NC(=O)[C@H](C(C)C)N2C.S. The number of fused-ring (bicyclic) bond motifs is 1. The Bertz CT molecular complexity index is 934. The molecule has 0 spiro atoms. The topological polar surface area (TPSA) is 95.3 Å². The largest absolute Gasteiger partial charge is 0.416 e. The van der Waals surface area contributed by atoms with E-state index in [0.29, 0.717) is 22.8 Å². The van der Waals surface area contributed by atoms with Crippen molar-refractivity contribution in [3.63, 3.8) is 0 Å². The number of aromatic nitrogens is 3. The molecule has 1 aliphatic heterocycles. The first kappa shape index (κ1) is 24.8. The average molecular weight is 461 g/mol. The molecule has 172 valence electrons. The van der Waals surface area contributed by atoms with E-state index in [1.165, 1.54) is 12.4 Å². The van der Waals surface area contributed by atoms with E-state index in [1.54, 1.807) is 6.92 Å². The summed E-state index contributed by atoms with van der Waals surface area (Å²) >= 11 is 0. The Balaban J connectivity index is 0.00000341. The summed E-state index contributed by atoms with van der Waals surface area (Å²) in [6, 6.07) is 1.53. The highest BCUT2D eigenvalue weighted by Crippen LogP contribution is 2.36. The van der Waals surface area contributed by atoms with Crippen LogP contribution in [0.25, 0.3) is 0 Å². The van der Waals surface area contributed by atoms with Crippen molar-refractivity contribution in [2.75, 3.05) is 22.6 Å². The summed E-state index contributed by atoms with van der Waals surface area (Å²) in [5.74, 6) is 0.616. The maximum atomic E-state index is 12.5. The van der Waals surface area contributed by atoms with Gasteiger partial charge >= 0.3 is 6.18 Å². The molecule has 0 fully saturated rings. The number of pyridine rings is 1. The van der Waals surface area contributed by atoms with Gasteiger partial charge in [0.05, 0.1) is 29.8 Å². The van der Waals surface area contributed by atoms with E-state index in [0.717, 1.165) is 10.4 Å². The number of hydrogen-bond acceptors (Lipinski definition) is 6. The van der Waals surface area contributed by atoms with Gasteiger partial charge in [-0.15, -0.1) is 0 Å². The predicted molar refractivity (Wildman–Crippen MR) is 117 cm³/mol. The molecule has 1 aliphatic rings. The highest BCUT2D eigenvalue weighted by molar-refractivity contribution is 7.59. The average Bonchev–Trinajstić information content (AvgIpc) is 3.07. The van der Waals surface area contributed by atoms with Crippen LogP contribution in [0.2, 0.25) is 0 Å². The Labute approximate surface area is 185 Å². The van der Waals surface area contributed by atoms with Crippen LogP contribution in [0, 0.1) is 12.8 Å². The van der Waals surface area contributed by atoms with Gasteiger partial charge in [-0.2, -0.15) is 31.8 Å². The number of alkyl halides is 3. The van der Waals surface area contributed by atoms with Crippen LogP contribution in [-0.2, 0) is 17.9 Å². The number of aryl methyl sites for hydroxylation is 1. The Morgan fingerprint density at radius 3 is 2.65 bits per heavy atom. The summed E-state index contributed by atoms with van der Waals surface area (Å²) in [5, 5.41) is 19.1. The Morgan fingerprint density at radius 1 is 1.35 bits per heavy atom. The molecule has 31 heavy (non-hydrogen) atoms. The van der Waals surface area contributed by atoms with Gasteiger partial charge in [-0.05, 0) is 12.8 Å². The predicted octanol–water partition coefficient (Wildman–Crippen LogP) is 2.65. The number of amides is 1. The van der Waals surface area contributed by atoms with Crippen molar-refractivity contribution < 1.29 is 23.1 Å². The molecule has 0 radical (unpaired) electrons. The van der Waals surface area contributed by atoms with Gasteiger partial charge in [0, 0.05) is 31.4 Å². The molecule has 3 heterocycles. The lowest BCUT2D eigenvalue weighted by molar-refractivity contribution is -0.208. The van der Waals surface area contributed by atoms with Crippen LogP contribution in [0.5, 0.6) is 0 Å². The zero-order chi connectivity index (χ0) is 22.2. The van der Waals surface area contributed by atoms with Crippen molar-refractivity contribution in [3.05, 3.63) is 29.7 Å². The fourth-order valence-corrected chi connectivity index (χ4v) is 3.52. The Kier molecular flexibility index (Phi) is 7.48. The van der Waals surface area contributed by atoms with E-state index in [9.17, 15) is 18.0 Å². The molecule has 2 aromatic heterocycles. The normalized spacial score (nSPS) is 17.1. The van der Waals surface area contributed by atoms with Gasteiger partial charge in [0.1, 0.15) is 11.9 Å². The lowest BCUT2D eigenvalue weighted by atomic mass is 9.98. The number of anilines is 3. The first-order valence-electron chi connectivity index (χ1n) is 9.52. The maximum Gasteiger partial charge on any atom is 0.416 e. The monoisotopic (exact) mass is 460 g/mol. The number of nitrogens with one attached hydrogen (secondary N) is 2. The molecule has 2 atom stereocenters. The summed E-state index contributed by atoms with van der Waals surface area (Å²) in [6.45, 7) is 5.38. The first-order valence-corrected chi connectivity index (χ1v) is 9.52. The molecule has 2 aromatic rings. The summed E-state index contributed by atoms with van der Waals surface area (Å²) in [4.78, 5) is 18.8. The van der Waals surface area contributed by atoms with Gasteiger partial charge in [-0.3, -0.25) is 9.48 Å². The number of carbonyl (C=O) groups excluding carboxylic acids is 1. The number of nitrogens with zero attached hydrogens (tertiary/aromatic N) is 4. The lowest BCUT2D eigenvalue weighted by Gasteiger charge is -2.38. The van der Waals surface area contributed by atoms with Crippen LogP contribution >= 0.6 is 13.5 Å². The Hall–Kier alpha value is -2.47. The highest BCUT2D eigenvalue weighted by atomic mass is 32.1. The first-order chi connectivity index (χ1) is 14.0. The number of aliphatic hydroxyl groups excluding tert-OH is 1. The van der Waals surface area contributed by atoms with Crippen LogP contribution in [0.3, 0.4) is 0 Å². The van der Waals surface area contributed by atoms with Gasteiger partial charge in [-0.1, -0.05) is 13.8 Å². The van der Waals surface area contributed by atoms with Crippen LogP contribution in [0.1, 0.15) is 25.1 Å². The van der Waals surface area contributed by atoms with Crippen LogP contribution in [0.15, 0.2) is 18.5 Å². The van der Waals surface area contributed by atoms with Gasteiger partial charge in [-0.25, -0.2) is 4.98 Å². The molecule has 3 N–H and O–H groups in total. The zero-order valence-electron chi connectivity index (χ0n) is 17.7. The maximum absolute atomic E-state index is 12.5. The molecular weight excluding hydrogens is 433 g/mol. The second kappa shape index (κ2) is 9.35. The number of rotatable bonds is 6. The van der Waals surface area contributed by atoms with Crippen molar-refractivity contribution >= 4 is 36.6 Å². The molecule has 0 bridgehead atoms. The molecule has 0 aromatic carbocycles. The third-order valence-electron chi connectivity index (χ3n) is 5.02. The van der Waals surface area contributed by atoms with Crippen LogP contribution in [0.4, 0.5) is 30.4 Å². The number of aliphatic hydroxyl groups is 1. The smallest absolute Gasteiger partial charge is 0.382 e. The fourth-order valence-electron chi connectivity index (χ4n) is 3.52. The molecule has 0 saturated carbocycles. The summed E-state index contributed by atoms with van der Waals surface area (Å²) in [5.41, 5.74) is 2.80. The van der Waals surface area contributed by atoms with Crippen LogP contribution in [-0.4, -0.2) is 51.1 Å². The lowest BCUT2D eigenvalue weighted by Crippen LogP contribution is -2.49. The van der Waals surface area contributed by atoms with E-state index in [-0.39, 0.29) is 37.9 Å². The van der Waals surface area contributed by atoms with Crippen molar-refractivity contribution in [1.82, 2.24) is 14.8 Å². The molecule has 3 rings (SSSR count). The second-order valence-corrected chi connectivity index (χ2v) is 7.76. The van der Waals surface area contributed by atoms with E-state index in [4.69, 9.17) is 5.11 Å². The fraction of sp³-hybridized carbons (Fsp3) is 0.526. The van der Waals surface area contributed by atoms with Crippen molar-refractivity contribution in [2.45, 2.75) is 52.2 Å². The minimum absolute atomic E-state index is 0. The van der Waals surface area contributed by atoms with Crippen molar-refractivity contribution in [3.8, 4) is 0 Å². The summed E-state index contributed by atoms with van der Waals surface area (Å²) in [6.07, 6.45) is -4.29. The molecule has 0 saturated heterocycles. The van der Waals surface area contributed by atoms with E-state index >= 15 is 0 Å². The highest BCUT2D eigenvalue weighted by Gasteiger charge is 2.38. The van der Waals surface area contributed by atoms with E-state index < -0.39 is 18.8 Å². The number of likely N-dealkylation sites (N-methyl/N-ethyl adjacent to an activating group) is 1. The van der Waals surface area contributed by atoms with E-state index in [2.05, 4.69) is 20.7 Å². The zero-order valence-corrected chi connectivity index (χ0v) is 18.7.